The minimum atomic E-state index is -1.43. The van der Waals surface area contributed by atoms with Crippen LogP contribution in [0.15, 0.2) is 30.3 Å². The number of carbonyl (C=O) groups is 1. The highest BCUT2D eigenvalue weighted by Crippen LogP contribution is 2.40. The van der Waals surface area contributed by atoms with Gasteiger partial charge in [-0.15, -0.1) is 5.92 Å². The van der Waals surface area contributed by atoms with Crippen molar-refractivity contribution >= 4 is 5.78 Å². The molecule has 1 fully saturated rings. The number of rotatable bonds is 10. The molecule has 0 amide bonds. The Morgan fingerprint density at radius 1 is 1.04 bits per heavy atom. The summed E-state index contributed by atoms with van der Waals surface area (Å²) in [7, 11) is 0. The predicted molar refractivity (Wildman–Crippen MR) is 110 cm³/mol. The largest absolute Gasteiger partial charge is 0.395 e. The number of hydrogen-bond donors (Lipinski definition) is 3. The van der Waals surface area contributed by atoms with Crippen LogP contribution >= 0.6 is 0 Å². The summed E-state index contributed by atoms with van der Waals surface area (Å²) in [6.07, 6.45) is 5.64. The third kappa shape index (κ3) is 6.15. The molecule has 1 aliphatic rings. The van der Waals surface area contributed by atoms with Crippen molar-refractivity contribution in [1.29, 1.82) is 0 Å². The Morgan fingerprint density at radius 2 is 1.68 bits per heavy atom. The second kappa shape index (κ2) is 12.0. The first-order valence-corrected chi connectivity index (χ1v) is 10.3. The molecule has 1 aromatic rings. The van der Waals surface area contributed by atoms with Gasteiger partial charge < -0.3 is 15.3 Å². The van der Waals surface area contributed by atoms with Gasteiger partial charge in [-0.1, -0.05) is 55.5 Å². The molecule has 1 unspecified atom stereocenters. The van der Waals surface area contributed by atoms with E-state index in [1.807, 2.05) is 35.2 Å². The molecule has 28 heavy (non-hydrogen) atoms. The van der Waals surface area contributed by atoms with E-state index in [4.69, 9.17) is 10.2 Å². The van der Waals surface area contributed by atoms with Crippen molar-refractivity contribution < 1.29 is 20.1 Å². The summed E-state index contributed by atoms with van der Waals surface area (Å²) in [6, 6.07) is 9.32. The summed E-state index contributed by atoms with van der Waals surface area (Å²) in [4.78, 5) is 14.9. The second-order valence-electron chi connectivity index (χ2n) is 7.47. The van der Waals surface area contributed by atoms with Crippen molar-refractivity contribution in [2.75, 3.05) is 32.8 Å². The number of aliphatic hydroxyl groups is 3. The van der Waals surface area contributed by atoms with Crippen LogP contribution in [0, 0.1) is 17.8 Å². The maximum atomic E-state index is 13.1. The summed E-state index contributed by atoms with van der Waals surface area (Å²) < 4.78 is 0. The quantitative estimate of drug-likeness (QED) is 0.536. The van der Waals surface area contributed by atoms with Gasteiger partial charge in [-0.05, 0) is 24.3 Å². The van der Waals surface area contributed by atoms with Gasteiger partial charge in [0, 0.05) is 25.9 Å². The van der Waals surface area contributed by atoms with Crippen LogP contribution in [0.1, 0.15) is 50.5 Å². The topological polar surface area (TPSA) is 81.0 Å². The zero-order valence-electron chi connectivity index (χ0n) is 16.6. The van der Waals surface area contributed by atoms with E-state index < -0.39 is 5.60 Å². The van der Waals surface area contributed by atoms with E-state index in [0.717, 1.165) is 25.7 Å². The summed E-state index contributed by atoms with van der Waals surface area (Å²) in [6.45, 7) is 1.41. The molecule has 154 valence electrons. The number of nitrogens with zero attached hydrogens (tertiary/aromatic N) is 1. The van der Waals surface area contributed by atoms with Gasteiger partial charge in [0.1, 0.15) is 0 Å². The van der Waals surface area contributed by atoms with Crippen LogP contribution < -0.4 is 0 Å². The number of ketones is 1. The predicted octanol–water partition coefficient (Wildman–Crippen LogP) is 2.09. The van der Waals surface area contributed by atoms with Crippen LogP contribution in [0.3, 0.4) is 0 Å². The third-order valence-electron chi connectivity index (χ3n) is 5.57. The average Bonchev–Trinajstić information content (AvgIpc) is 2.74. The smallest absolute Gasteiger partial charge is 0.170 e. The van der Waals surface area contributed by atoms with Crippen LogP contribution in [0.25, 0.3) is 0 Å². The van der Waals surface area contributed by atoms with E-state index >= 15 is 0 Å². The minimum absolute atomic E-state index is 0.0195. The molecule has 0 bridgehead atoms. The van der Waals surface area contributed by atoms with Gasteiger partial charge in [-0.2, -0.15) is 0 Å². The van der Waals surface area contributed by atoms with Gasteiger partial charge in [0.05, 0.1) is 19.8 Å². The van der Waals surface area contributed by atoms with E-state index in [-0.39, 0.29) is 31.3 Å². The summed E-state index contributed by atoms with van der Waals surface area (Å²) in [5.41, 5.74) is -0.736. The van der Waals surface area contributed by atoms with Gasteiger partial charge in [-0.3, -0.25) is 9.69 Å². The fraction of sp³-hybridized carbons (Fsp3) is 0.609. The molecule has 0 aliphatic heterocycles. The lowest BCUT2D eigenvalue weighted by Gasteiger charge is -2.37. The summed E-state index contributed by atoms with van der Waals surface area (Å²) in [5, 5.41) is 29.5. The summed E-state index contributed by atoms with van der Waals surface area (Å²) >= 11 is 0. The summed E-state index contributed by atoms with van der Waals surface area (Å²) in [5.74, 6) is 5.82. The van der Waals surface area contributed by atoms with Gasteiger partial charge in [0.2, 0.25) is 0 Å². The van der Waals surface area contributed by atoms with E-state index in [1.165, 1.54) is 6.42 Å². The molecule has 0 spiro atoms. The zero-order chi connectivity index (χ0) is 20.2. The Labute approximate surface area is 168 Å². The maximum Gasteiger partial charge on any atom is 0.170 e. The standard InChI is InChI=1S/C23H33NO4/c25-18-16-24(17-19-26)15-9-3-8-14-22(27)23(28,20-10-4-1-5-11-20)21-12-6-2-7-13-21/h1,4-5,10-11,21,25-26,28H,2,6-8,12-19H2. The highest BCUT2D eigenvalue weighted by atomic mass is 16.3. The molecule has 0 radical (unpaired) electrons. The number of aliphatic hydroxyl groups excluding tert-OH is 2. The fourth-order valence-electron chi connectivity index (χ4n) is 4.01. The van der Waals surface area contributed by atoms with E-state index in [1.54, 1.807) is 0 Å². The lowest BCUT2D eigenvalue weighted by molar-refractivity contribution is -0.146. The van der Waals surface area contributed by atoms with Crippen molar-refractivity contribution in [3.8, 4) is 11.8 Å². The van der Waals surface area contributed by atoms with Crippen LogP contribution in [0.2, 0.25) is 0 Å². The molecule has 1 saturated carbocycles. The number of hydrogen-bond acceptors (Lipinski definition) is 5. The van der Waals surface area contributed by atoms with Gasteiger partial charge in [-0.25, -0.2) is 0 Å². The average molecular weight is 388 g/mol. The molecule has 1 aromatic carbocycles. The monoisotopic (exact) mass is 387 g/mol. The minimum Gasteiger partial charge on any atom is -0.395 e. The third-order valence-corrected chi connectivity index (χ3v) is 5.57. The van der Waals surface area contributed by atoms with E-state index in [0.29, 0.717) is 31.6 Å². The molecular weight excluding hydrogens is 354 g/mol. The van der Waals surface area contributed by atoms with Crippen LogP contribution in [-0.4, -0.2) is 58.9 Å². The fourth-order valence-corrected chi connectivity index (χ4v) is 4.01. The van der Waals surface area contributed by atoms with Crippen molar-refractivity contribution in [2.24, 2.45) is 5.92 Å². The van der Waals surface area contributed by atoms with Crippen LogP contribution in [-0.2, 0) is 10.4 Å². The van der Waals surface area contributed by atoms with Crippen molar-refractivity contribution in [3.05, 3.63) is 35.9 Å². The van der Waals surface area contributed by atoms with Crippen LogP contribution in [0.5, 0.6) is 0 Å². The second-order valence-corrected chi connectivity index (χ2v) is 7.47. The van der Waals surface area contributed by atoms with Gasteiger partial charge >= 0.3 is 0 Å². The molecule has 1 atom stereocenters. The Morgan fingerprint density at radius 3 is 2.29 bits per heavy atom. The van der Waals surface area contributed by atoms with E-state index in [9.17, 15) is 9.90 Å². The first-order valence-electron chi connectivity index (χ1n) is 10.3. The number of carbonyl (C=O) groups excluding carboxylic acids is 1. The Kier molecular flexibility index (Phi) is 9.66. The normalized spacial score (nSPS) is 17.0. The zero-order valence-corrected chi connectivity index (χ0v) is 16.6. The first kappa shape index (κ1) is 22.6. The van der Waals surface area contributed by atoms with Crippen LogP contribution in [0.4, 0.5) is 0 Å². The maximum absolute atomic E-state index is 13.1. The lowest BCUT2D eigenvalue weighted by Crippen LogP contribution is -2.44. The molecule has 0 saturated heterocycles. The highest BCUT2D eigenvalue weighted by Gasteiger charge is 2.44. The molecule has 5 nitrogen and oxygen atoms in total. The van der Waals surface area contributed by atoms with Crippen molar-refractivity contribution in [2.45, 2.75) is 50.5 Å². The molecular formula is C23H33NO4. The lowest BCUT2D eigenvalue weighted by atomic mass is 9.70. The number of benzene rings is 1. The van der Waals surface area contributed by atoms with Crippen molar-refractivity contribution in [3.63, 3.8) is 0 Å². The molecule has 0 aromatic heterocycles. The molecule has 3 N–H and O–H groups in total. The molecule has 0 heterocycles. The highest BCUT2D eigenvalue weighted by molar-refractivity contribution is 5.88. The van der Waals surface area contributed by atoms with Gasteiger partial charge in [0.25, 0.3) is 0 Å². The van der Waals surface area contributed by atoms with Gasteiger partial charge in [0.15, 0.2) is 11.4 Å². The van der Waals surface area contributed by atoms with Crippen molar-refractivity contribution in [1.82, 2.24) is 4.90 Å². The Balaban J connectivity index is 2.01. The Bertz CT molecular complexity index is 640. The first-order chi connectivity index (χ1) is 13.6. The molecule has 5 heteroatoms. The SMILES string of the molecule is O=C(CCC#CCN(CCO)CCO)C(O)(c1ccccc1)C1CCCCC1. The number of Topliss-reactive ketones (excluding diaryl/α,β-unsaturated/α-hetero) is 1. The molecule has 1 aliphatic carbocycles. The Hall–Kier alpha value is -1.71. The van der Waals surface area contributed by atoms with E-state index in [2.05, 4.69) is 11.8 Å². The molecule has 2 rings (SSSR count).